The molecular formula is C14H24N2O2. The van der Waals surface area contributed by atoms with Crippen molar-refractivity contribution >= 4 is 0 Å². The molecule has 1 heterocycles. The minimum Gasteiger partial charge on any atom is -0.344 e. The van der Waals surface area contributed by atoms with Crippen molar-refractivity contribution in [2.45, 2.75) is 64.5 Å². The summed E-state index contributed by atoms with van der Waals surface area (Å²) in [5, 5.41) is 3.58. The average Bonchev–Trinajstić information content (AvgIpc) is 2.37. The van der Waals surface area contributed by atoms with Gasteiger partial charge in [0, 0.05) is 17.8 Å². The first kappa shape index (κ1) is 13.6. The maximum absolute atomic E-state index is 5.88. The second-order valence-corrected chi connectivity index (χ2v) is 6.17. The van der Waals surface area contributed by atoms with E-state index in [1.807, 2.05) is 19.1 Å². The monoisotopic (exact) mass is 252 g/mol. The number of hydrogen-bond acceptors (Lipinski definition) is 4. The van der Waals surface area contributed by atoms with E-state index >= 15 is 0 Å². The molecule has 0 radical (unpaired) electrons. The van der Waals surface area contributed by atoms with E-state index in [0.717, 1.165) is 18.4 Å². The topological polar surface area (TPSA) is 42.5 Å². The zero-order valence-electron chi connectivity index (χ0n) is 11.7. The summed E-state index contributed by atoms with van der Waals surface area (Å²) in [6.07, 6.45) is 7.84. The van der Waals surface area contributed by atoms with E-state index in [9.17, 15) is 0 Å². The van der Waals surface area contributed by atoms with Gasteiger partial charge in [0.05, 0.1) is 6.10 Å². The van der Waals surface area contributed by atoms with Crippen LogP contribution in [0.3, 0.4) is 0 Å². The molecule has 2 rings (SSSR count). The lowest BCUT2D eigenvalue weighted by Crippen LogP contribution is -2.53. The van der Waals surface area contributed by atoms with Gasteiger partial charge in [0.2, 0.25) is 6.29 Å². The Hall–Kier alpha value is -0.840. The number of allylic oxidation sites excluding steroid dienone is 2. The smallest absolute Gasteiger partial charge is 0.203 e. The van der Waals surface area contributed by atoms with Crippen LogP contribution in [-0.2, 0) is 9.57 Å². The van der Waals surface area contributed by atoms with Crippen molar-refractivity contribution in [3.05, 3.63) is 23.9 Å². The van der Waals surface area contributed by atoms with Crippen molar-refractivity contribution in [1.82, 2.24) is 10.8 Å². The van der Waals surface area contributed by atoms with Crippen LogP contribution in [0.2, 0.25) is 0 Å². The predicted octanol–water partition coefficient (Wildman–Crippen LogP) is 2.24. The third-order valence-corrected chi connectivity index (χ3v) is 3.06. The number of nitrogens with one attached hydrogen (secondary N) is 2. The van der Waals surface area contributed by atoms with Gasteiger partial charge in [-0.2, -0.15) is 0 Å². The molecule has 1 fully saturated rings. The first-order valence-corrected chi connectivity index (χ1v) is 6.62. The van der Waals surface area contributed by atoms with Crippen LogP contribution in [-0.4, -0.2) is 24.0 Å². The van der Waals surface area contributed by atoms with Crippen LogP contribution in [0, 0.1) is 0 Å². The molecule has 0 aromatic heterocycles. The molecule has 1 atom stereocenters. The first-order chi connectivity index (χ1) is 8.42. The fourth-order valence-corrected chi connectivity index (χ4v) is 2.24. The largest absolute Gasteiger partial charge is 0.344 e. The molecule has 2 aliphatic rings. The van der Waals surface area contributed by atoms with Gasteiger partial charge in [0.15, 0.2) is 0 Å². The Labute approximate surface area is 109 Å². The van der Waals surface area contributed by atoms with Gasteiger partial charge < -0.3 is 10.1 Å². The van der Waals surface area contributed by atoms with Crippen LogP contribution in [0.1, 0.15) is 40.5 Å². The van der Waals surface area contributed by atoms with E-state index in [1.54, 1.807) is 6.20 Å². The van der Waals surface area contributed by atoms with Gasteiger partial charge in [-0.15, -0.1) is 0 Å². The number of ether oxygens (including phenoxy) is 1. The van der Waals surface area contributed by atoms with Crippen LogP contribution < -0.4 is 10.8 Å². The average molecular weight is 252 g/mol. The third-order valence-electron chi connectivity index (χ3n) is 3.06. The Bertz CT molecular complexity index is 338. The molecule has 0 aromatic carbocycles. The van der Waals surface area contributed by atoms with E-state index in [2.05, 4.69) is 31.6 Å². The molecule has 2 N–H and O–H groups in total. The van der Waals surface area contributed by atoms with E-state index in [0.29, 0.717) is 12.1 Å². The fourth-order valence-electron chi connectivity index (χ4n) is 2.24. The summed E-state index contributed by atoms with van der Waals surface area (Å²) in [6.45, 7) is 8.61. The Morgan fingerprint density at radius 1 is 1.39 bits per heavy atom. The standard InChI is InChI=1S/C14H24N2O2/c1-10-5-6-15-18-13(7-10)17-12-8-11(9-12)16-14(2,3)4/h5-7,11-13,15-16H,8-9H2,1-4H3/t11-,12+,13?. The molecule has 0 spiro atoms. The van der Waals surface area contributed by atoms with E-state index in [-0.39, 0.29) is 11.8 Å². The van der Waals surface area contributed by atoms with Crippen LogP contribution >= 0.6 is 0 Å². The van der Waals surface area contributed by atoms with Crippen molar-refractivity contribution in [2.75, 3.05) is 0 Å². The molecule has 1 aliphatic heterocycles. The second kappa shape index (κ2) is 5.43. The van der Waals surface area contributed by atoms with Crippen molar-refractivity contribution in [1.29, 1.82) is 0 Å². The van der Waals surface area contributed by atoms with Crippen molar-refractivity contribution in [3.63, 3.8) is 0 Å². The Morgan fingerprint density at radius 3 is 2.78 bits per heavy atom. The molecule has 102 valence electrons. The minimum atomic E-state index is -0.291. The minimum absolute atomic E-state index is 0.177. The summed E-state index contributed by atoms with van der Waals surface area (Å²) in [6, 6.07) is 0.567. The zero-order chi connectivity index (χ0) is 13.2. The summed E-state index contributed by atoms with van der Waals surface area (Å²) in [5.74, 6) is 0. The normalized spacial score (nSPS) is 32.2. The zero-order valence-corrected chi connectivity index (χ0v) is 11.7. The lowest BCUT2D eigenvalue weighted by molar-refractivity contribution is -0.186. The quantitative estimate of drug-likeness (QED) is 0.808. The van der Waals surface area contributed by atoms with E-state index < -0.39 is 0 Å². The van der Waals surface area contributed by atoms with Crippen LogP contribution in [0.25, 0.3) is 0 Å². The summed E-state index contributed by atoms with van der Waals surface area (Å²) in [5.41, 5.74) is 4.08. The molecule has 0 saturated heterocycles. The van der Waals surface area contributed by atoms with Gasteiger partial charge in [-0.1, -0.05) is 0 Å². The third kappa shape index (κ3) is 4.12. The Morgan fingerprint density at radius 2 is 2.11 bits per heavy atom. The fraction of sp³-hybridized carbons (Fsp3) is 0.714. The molecule has 0 bridgehead atoms. The Balaban J connectivity index is 1.72. The highest BCUT2D eigenvalue weighted by Gasteiger charge is 2.33. The molecule has 1 unspecified atom stereocenters. The lowest BCUT2D eigenvalue weighted by Gasteiger charge is -2.40. The molecule has 18 heavy (non-hydrogen) atoms. The van der Waals surface area contributed by atoms with Crippen LogP contribution in [0.15, 0.2) is 23.9 Å². The summed E-state index contributed by atoms with van der Waals surface area (Å²) in [7, 11) is 0. The summed E-state index contributed by atoms with van der Waals surface area (Å²) < 4.78 is 5.88. The van der Waals surface area contributed by atoms with Gasteiger partial charge in [0.1, 0.15) is 0 Å². The summed E-state index contributed by atoms with van der Waals surface area (Å²) in [4.78, 5) is 5.36. The number of hydrogen-bond donors (Lipinski definition) is 2. The molecule has 0 aromatic rings. The Kier molecular flexibility index (Phi) is 4.10. The molecule has 0 amide bonds. The van der Waals surface area contributed by atoms with Gasteiger partial charge in [-0.05, 0) is 58.3 Å². The van der Waals surface area contributed by atoms with Gasteiger partial charge in [0.25, 0.3) is 0 Å². The van der Waals surface area contributed by atoms with Gasteiger partial charge in [-0.3, -0.25) is 5.48 Å². The van der Waals surface area contributed by atoms with Crippen LogP contribution in [0.4, 0.5) is 0 Å². The van der Waals surface area contributed by atoms with E-state index in [1.165, 1.54) is 0 Å². The lowest BCUT2D eigenvalue weighted by atomic mass is 9.87. The van der Waals surface area contributed by atoms with Gasteiger partial charge in [-0.25, -0.2) is 4.84 Å². The van der Waals surface area contributed by atoms with Gasteiger partial charge >= 0.3 is 0 Å². The maximum Gasteiger partial charge on any atom is 0.203 e. The molecule has 4 nitrogen and oxygen atoms in total. The summed E-state index contributed by atoms with van der Waals surface area (Å²) >= 11 is 0. The van der Waals surface area contributed by atoms with Crippen molar-refractivity contribution in [2.24, 2.45) is 0 Å². The predicted molar refractivity (Wildman–Crippen MR) is 71.7 cm³/mol. The van der Waals surface area contributed by atoms with Crippen LogP contribution in [0.5, 0.6) is 0 Å². The highest BCUT2D eigenvalue weighted by atomic mass is 16.8. The van der Waals surface area contributed by atoms with Crippen molar-refractivity contribution in [3.8, 4) is 0 Å². The van der Waals surface area contributed by atoms with Crippen molar-refractivity contribution < 1.29 is 9.57 Å². The van der Waals surface area contributed by atoms with E-state index in [4.69, 9.17) is 9.57 Å². The second-order valence-electron chi connectivity index (χ2n) is 6.17. The number of rotatable bonds is 3. The molecule has 4 heteroatoms. The molecule has 1 saturated carbocycles. The first-order valence-electron chi connectivity index (χ1n) is 6.62. The molecule has 1 aliphatic carbocycles. The maximum atomic E-state index is 5.88. The number of hydroxylamine groups is 1. The molecular weight excluding hydrogens is 228 g/mol. The highest BCUT2D eigenvalue weighted by molar-refractivity contribution is 5.17. The highest BCUT2D eigenvalue weighted by Crippen LogP contribution is 2.27. The SMILES string of the molecule is CC1=CC(O[C@H]2C[C@@H](NC(C)(C)C)C2)ONC=C1.